The Kier molecular flexibility index (Phi) is 6.98. The predicted molar refractivity (Wildman–Crippen MR) is 137 cm³/mol. The first-order valence-corrected chi connectivity index (χ1v) is 12.7. The van der Waals surface area contributed by atoms with Crippen molar-refractivity contribution in [3.63, 3.8) is 0 Å². The highest BCUT2D eigenvalue weighted by molar-refractivity contribution is 6.31. The molecule has 2 heterocycles. The number of pyridine rings is 1. The van der Waals surface area contributed by atoms with Crippen molar-refractivity contribution in [1.29, 1.82) is 0 Å². The van der Waals surface area contributed by atoms with Crippen molar-refractivity contribution in [2.24, 2.45) is 0 Å². The number of aromatic nitrogens is 1. The SMILES string of the molecule is O=C(NC1CCC(Nc2cc(C(F)(F)F)nc3ccc(Cl)cc23)CC1)c1cccc(N2CCCC2=O)c1. The quantitative estimate of drug-likeness (QED) is 0.413. The number of nitrogens with zero attached hydrogens (tertiary/aromatic N) is 2. The summed E-state index contributed by atoms with van der Waals surface area (Å²) in [5, 5.41) is 7.28. The molecule has 37 heavy (non-hydrogen) atoms. The van der Waals surface area contributed by atoms with Gasteiger partial charge < -0.3 is 15.5 Å². The molecule has 2 amide bonds. The number of rotatable bonds is 5. The van der Waals surface area contributed by atoms with Crippen LogP contribution in [0.1, 0.15) is 54.6 Å². The summed E-state index contributed by atoms with van der Waals surface area (Å²) in [6.45, 7) is 0.657. The minimum Gasteiger partial charge on any atom is -0.382 e. The number of nitrogens with one attached hydrogen (secondary N) is 2. The maximum absolute atomic E-state index is 13.4. The van der Waals surface area contributed by atoms with E-state index in [0.29, 0.717) is 60.3 Å². The summed E-state index contributed by atoms with van der Waals surface area (Å²) < 4.78 is 40.3. The standard InChI is InChI=1S/C27H26ClF3N4O2/c28-17-6-11-22-21(14-17)23(15-24(34-22)27(29,30)31)32-18-7-9-19(10-8-18)33-26(37)16-3-1-4-20(13-16)35-12-2-5-25(35)36/h1,3-4,6,11,13-15,18-19H,2,5,7-10,12H2,(H,32,34)(H,33,37). The van der Waals surface area contributed by atoms with Crippen LogP contribution >= 0.6 is 11.6 Å². The molecular weight excluding hydrogens is 505 g/mol. The van der Waals surface area contributed by atoms with Gasteiger partial charge in [0, 0.05) is 52.4 Å². The number of alkyl halides is 3. The number of halogens is 4. The van der Waals surface area contributed by atoms with Crippen molar-refractivity contribution >= 4 is 45.7 Å². The molecule has 10 heteroatoms. The van der Waals surface area contributed by atoms with Crippen LogP contribution in [0.25, 0.3) is 10.9 Å². The topological polar surface area (TPSA) is 74.3 Å². The van der Waals surface area contributed by atoms with Crippen LogP contribution in [0.2, 0.25) is 5.02 Å². The Morgan fingerprint density at radius 1 is 1.03 bits per heavy atom. The highest BCUT2D eigenvalue weighted by atomic mass is 35.5. The van der Waals surface area contributed by atoms with Crippen molar-refractivity contribution < 1.29 is 22.8 Å². The van der Waals surface area contributed by atoms with Gasteiger partial charge in [-0.05, 0) is 74.6 Å². The van der Waals surface area contributed by atoms with Gasteiger partial charge in [0.15, 0.2) is 0 Å². The van der Waals surface area contributed by atoms with E-state index in [9.17, 15) is 22.8 Å². The van der Waals surface area contributed by atoms with Gasteiger partial charge in [-0.1, -0.05) is 17.7 Å². The number of benzene rings is 2. The molecule has 0 unspecified atom stereocenters. The first-order chi connectivity index (χ1) is 17.7. The van der Waals surface area contributed by atoms with Gasteiger partial charge in [-0.25, -0.2) is 4.98 Å². The first kappa shape index (κ1) is 25.3. The Labute approximate surface area is 217 Å². The summed E-state index contributed by atoms with van der Waals surface area (Å²) in [6, 6.07) is 12.6. The number of carbonyl (C=O) groups is 2. The fourth-order valence-electron chi connectivity index (χ4n) is 5.07. The smallest absolute Gasteiger partial charge is 0.382 e. The lowest BCUT2D eigenvalue weighted by atomic mass is 9.90. The van der Waals surface area contributed by atoms with Gasteiger partial charge in [0.1, 0.15) is 5.69 Å². The van der Waals surface area contributed by atoms with Gasteiger partial charge in [-0.3, -0.25) is 9.59 Å². The Bertz CT molecular complexity index is 1340. The van der Waals surface area contributed by atoms with Crippen LogP contribution in [0.3, 0.4) is 0 Å². The minimum absolute atomic E-state index is 0.0445. The van der Waals surface area contributed by atoms with Gasteiger partial charge in [0.2, 0.25) is 5.91 Å². The molecular formula is C27H26ClF3N4O2. The monoisotopic (exact) mass is 530 g/mol. The summed E-state index contributed by atoms with van der Waals surface area (Å²) in [5.74, 6) is -0.135. The van der Waals surface area contributed by atoms with Crippen LogP contribution in [0.5, 0.6) is 0 Å². The molecule has 2 N–H and O–H groups in total. The lowest BCUT2D eigenvalue weighted by Crippen LogP contribution is -2.40. The first-order valence-electron chi connectivity index (χ1n) is 12.3. The third kappa shape index (κ3) is 5.66. The highest BCUT2D eigenvalue weighted by Crippen LogP contribution is 2.35. The molecule has 1 saturated carbocycles. The second-order valence-electron chi connectivity index (χ2n) is 9.58. The zero-order valence-electron chi connectivity index (χ0n) is 19.9. The zero-order chi connectivity index (χ0) is 26.2. The molecule has 5 rings (SSSR count). The molecule has 1 aliphatic heterocycles. The van der Waals surface area contributed by atoms with Crippen LogP contribution in [0, 0.1) is 0 Å². The van der Waals surface area contributed by atoms with Crippen LogP contribution in [0.4, 0.5) is 24.5 Å². The van der Waals surface area contributed by atoms with Crippen molar-refractivity contribution in [2.45, 2.75) is 56.8 Å². The predicted octanol–water partition coefficient (Wildman–Crippen LogP) is 6.19. The van der Waals surface area contributed by atoms with E-state index in [-0.39, 0.29) is 29.4 Å². The average molecular weight is 531 g/mol. The van der Waals surface area contributed by atoms with Crippen molar-refractivity contribution in [3.05, 3.63) is 64.8 Å². The summed E-state index contributed by atoms with van der Waals surface area (Å²) in [7, 11) is 0. The Morgan fingerprint density at radius 2 is 1.78 bits per heavy atom. The van der Waals surface area contributed by atoms with Crippen LogP contribution < -0.4 is 15.5 Å². The van der Waals surface area contributed by atoms with E-state index in [1.54, 1.807) is 29.2 Å². The largest absolute Gasteiger partial charge is 0.433 e. The fourth-order valence-corrected chi connectivity index (χ4v) is 5.24. The summed E-state index contributed by atoms with van der Waals surface area (Å²) >= 11 is 6.10. The molecule has 2 aromatic carbocycles. The van der Waals surface area contributed by atoms with E-state index in [4.69, 9.17) is 11.6 Å². The summed E-state index contributed by atoms with van der Waals surface area (Å²) in [4.78, 5) is 30.4. The Hall–Kier alpha value is -3.33. The van der Waals surface area contributed by atoms with Crippen LogP contribution in [-0.2, 0) is 11.0 Å². The molecule has 2 aliphatic rings. The number of amides is 2. The van der Waals surface area contributed by atoms with E-state index in [1.807, 2.05) is 6.07 Å². The zero-order valence-corrected chi connectivity index (χ0v) is 20.7. The number of fused-ring (bicyclic) bond motifs is 1. The molecule has 0 atom stereocenters. The molecule has 2 fully saturated rings. The maximum Gasteiger partial charge on any atom is 0.433 e. The van der Waals surface area contributed by atoms with Crippen LogP contribution in [0.15, 0.2) is 48.5 Å². The minimum atomic E-state index is -4.56. The van der Waals surface area contributed by atoms with E-state index in [2.05, 4.69) is 15.6 Å². The number of hydrogen-bond donors (Lipinski definition) is 2. The molecule has 1 aliphatic carbocycles. The molecule has 1 saturated heterocycles. The Morgan fingerprint density at radius 3 is 2.49 bits per heavy atom. The highest BCUT2D eigenvalue weighted by Gasteiger charge is 2.34. The second kappa shape index (κ2) is 10.2. The van der Waals surface area contributed by atoms with Gasteiger partial charge in [0.05, 0.1) is 5.52 Å². The maximum atomic E-state index is 13.4. The molecule has 0 radical (unpaired) electrons. The lowest BCUT2D eigenvalue weighted by molar-refractivity contribution is -0.140. The molecule has 0 spiro atoms. The molecule has 3 aromatic rings. The van der Waals surface area contributed by atoms with E-state index < -0.39 is 11.9 Å². The molecule has 194 valence electrons. The Balaban J connectivity index is 1.23. The summed E-state index contributed by atoms with van der Waals surface area (Å²) in [6.07, 6.45) is -0.503. The average Bonchev–Trinajstić information content (AvgIpc) is 3.30. The lowest BCUT2D eigenvalue weighted by Gasteiger charge is -2.31. The van der Waals surface area contributed by atoms with E-state index >= 15 is 0 Å². The van der Waals surface area contributed by atoms with Gasteiger partial charge >= 0.3 is 6.18 Å². The summed E-state index contributed by atoms with van der Waals surface area (Å²) in [5.41, 5.74) is 0.841. The van der Waals surface area contributed by atoms with Crippen LogP contribution in [-0.4, -0.2) is 35.4 Å². The third-order valence-corrected chi connectivity index (χ3v) is 7.21. The van der Waals surface area contributed by atoms with Crippen molar-refractivity contribution in [3.8, 4) is 0 Å². The van der Waals surface area contributed by atoms with E-state index in [0.717, 1.165) is 18.2 Å². The fraction of sp³-hybridized carbons (Fsp3) is 0.370. The van der Waals surface area contributed by atoms with Crippen molar-refractivity contribution in [1.82, 2.24) is 10.3 Å². The van der Waals surface area contributed by atoms with Crippen molar-refractivity contribution in [2.75, 3.05) is 16.8 Å². The molecule has 6 nitrogen and oxygen atoms in total. The molecule has 0 bridgehead atoms. The number of carbonyl (C=O) groups excluding carboxylic acids is 2. The van der Waals surface area contributed by atoms with Gasteiger partial charge in [-0.15, -0.1) is 0 Å². The third-order valence-electron chi connectivity index (χ3n) is 6.98. The van der Waals surface area contributed by atoms with Gasteiger partial charge in [-0.2, -0.15) is 13.2 Å². The molecule has 1 aromatic heterocycles. The normalized spacial score (nSPS) is 20.3. The number of anilines is 2. The van der Waals surface area contributed by atoms with Gasteiger partial charge in [0.25, 0.3) is 5.91 Å². The number of hydrogen-bond acceptors (Lipinski definition) is 4. The van der Waals surface area contributed by atoms with E-state index in [1.165, 1.54) is 12.1 Å². The second-order valence-corrected chi connectivity index (χ2v) is 10.0.